The topological polar surface area (TPSA) is 126 Å². The summed E-state index contributed by atoms with van der Waals surface area (Å²) < 4.78 is 36.8. The van der Waals surface area contributed by atoms with Gasteiger partial charge in [0.15, 0.2) is 6.61 Å². The Labute approximate surface area is 254 Å². The first-order chi connectivity index (χ1) is 20.6. The van der Waals surface area contributed by atoms with Crippen LogP contribution in [-0.4, -0.2) is 46.4 Å². The molecule has 0 atom stereocenters. The third kappa shape index (κ3) is 9.32. The van der Waals surface area contributed by atoms with Gasteiger partial charge in [0.25, 0.3) is 11.8 Å². The Morgan fingerprint density at radius 2 is 1.51 bits per heavy atom. The van der Waals surface area contributed by atoms with Crippen LogP contribution in [0.25, 0.3) is 0 Å². The number of hydrogen-bond donors (Lipinski definition) is 2. The third-order valence-corrected chi connectivity index (χ3v) is 7.45. The molecule has 0 saturated carbocycles. The maximum atomic E-state index is 12.6. The van der Waals surface area contributed by atoms with E-state index in [4.69, 9.17) is 21.1 Å². The van der Waals surface area contributed by atoms with Crippen LogP contribution in [0.15, 0.2) is 102 Å². The summed E-state index contributed by atoms with van der Waals surface area (Å²) in [6.45, 7) is -0.0516. The number of rotatable bonds is 12. The lowest BCUT2D eigenvalue weighted by atomic mass is 10.2. The van der Waals surface area contributed by atoms with E-state index >= 15 is 0 Å². The largest absolute Gasteiger partial charge is 0.497 e. The van der Waals surface area contributed by atoms with Gasteiger partial charge in [0.2, 0.25) is 10.0 Å². The first kappa shape index (κ1) is 31.1. The lowest BCUT2D eigenvalue weighted by molar-refractivity contribution is -0.118. The van der Waals surface area contributed by atoms with Crippen LogP contribution < -0.4 is 24.5 Å². The molecular formula is C31H29ClN4O6S. The molecule has 0 radical (unpaired) electrons. The van der Waals surface area contributed by atoms with Gasteiger partial charge in [-0.05, 0) is 96.1 Å². The molecule has 2 amide bonds. The molecule has 0 saturated heterocycles. The smallest absolute Gasteiger partial charge is 0.271 e. The quantitative estimate of drug-likeness (QED) is 0.168. The number of carbonyl (C=O) groups excluding carboxylic acids is 2. The number of nitrogens with zero attached hydrogens (tertiary/aromatic N) is 2. The van der Waals surface area contributed by atoms with Crippen LogP contribution in [0.5, 0.6) is 11.5 Å². The number of nitrogens with one attached hydrogen (secondary N) is 2. The summed E-state index contributed by atoms with van der Waals surface area (Å²) in [6, 6.07) is 26.8. The standard InChI is InChI=1S/C31H29ClN4O6S/c1-41-28-17-11-26(12-18-28)34-30(37)21-42-29-15-5-22(6-16-29)19-33-35-31(38)24-7-13-27(14-8-24)36(43(2,39)40)20-23-3-9-25(32)10-4-23/h3-19H,20-21H2,1-2H3,(H,34,37)(H,35,38)/b33-19+. The molecule has 0 aliphatic rings. The average molecular weight is 621 g/mol. The van der Waals surface area contributed by atoms with Crippen molar-refractivity contribution in [2.24, 2.45) is 5.10 Å². The Balaban J connectivity index is 1.27. The third-order valence-electron chi connectivity index (χ3n) is 6.06. The fourth-order valence-electron chi connectivity index (χ4n) is 3.84. The van der Waals surface area contributed by atoms with Crippen molar-refractivity contribution in [1.29, 1.82) is 0 Å². The van der Waals surface area contributed by atoms with E-state index in [9.17, 15) is 18.0 Å². The number of anilines is 2. The zero-order valence-electron chi connectivity index (χ0n) is 23.4. The Morgan fingerprint density at radius 3 is 2.12 bits per heavy atom. The maximum Gasteiger partial charge on any atom is 0.271 e. The molecule has 0 aliphatic heterocycles. The molecule has 4 rings (SSSR count). The normalized spacial score (nSPS) is 11.1. The minimum atomic E-state index is -3.59. The molecule has 12 heteroatoms. The first-order valence-electron chi connectivity index (χ1n) is 12.9. The highest BCUT2D eigenvalue weighted by molar-refractivity contribution is 7.92. The number of benzene rings is 4. The fourth-order valence-corrected chi connectivity index (χ4v) is 4.85. The van der Waals surface area contributed by atoms with E-state index in [0.29, 0.717) is 39.0 Å². The predicted molar refractivity (Wildman–Crippen MR) is 168 cm³/mol. The van der Waals surface area contributed by atoms with Gasteiger partial charge in [0.05, 0.1) is 31.8 Å². The molecule has 2 N–H and O–H groups in total. The van der Waals surface area contributed by atoms with Gasteiger partial charge in [0.1, 0.15) is 11.5 Å². The van der Waals surface area contributed by atoms with Crippen molar-refractivity contribution >= 4 is 51.0 Å². The number of ether oxygens (including phenoxy) is 2. The van der Waals surface area contributed by atoms with E-state index in [2.05, 4.69) is 15.8 Å². The fraction of sp³-hybridized carbons (Fsp3) is 0.129. The van der Waals surface area contributed by atoms with Crippen molar-refractivity contribution in [3.63, 3.8) is 0 Å². The molecule has 222 valence electrons. The van der Waals surface area contributed by atoms with Crippen molar-refractivity contribution in [2.45, 2.75) is 6.54 Å². The molecule has 4 aromatic rings. The number of carbonyl (C=O) groups is 2. The second kappa shape index (κ2) is 14.3. The summed E-state index contributed by atoms with van der Waals surface area (Å²) in [5, 5.41) is 7.28. The van der Waals surface area contributed by atoms with Gasteiger partial charge in [-0.15, -0.1) is 0 Å². The number of sulfonamides is 1. The van der Waals surface area contributed by atoms with Gasteiger partial charge in [-0.25, -0.2) is 13.8 Å². The van der Waals surface area contributed by atoms with Crippen LogP contribution in [0.2, 0.25) is 5.02 Å². The van der Waals surface area contributed by atoms with Crippen LogP contribution in [0.1, 0.15) is 21.5 Å². The van der Waals surface area contributed by atoms with Gasteiger partial charge in [-0.2, -0.15) is 5.10 Å². The summed E-state index contributed by atoms with van der Waals surface area (Å²) >= 11 is 5.93. The second-order valence-corrected chi connectivity index (χ2v) is 11.6. The first-order valence-corrected chi connectivity index (χ1v) is 15.2. The van der Waals surface area contributed by atoms with Crippen LogP contribution >= 0.6 is 11.6 Å². The molecule has 0 aliphatic carbocycles. The van der Waals surface area contributed by atoms with Gasteiger partial charge in [0, 0.05) is 16.3 Å². The van der Waals surface area contributed by atoms with E-state index in [1.807, 2.05) is 0 Å². The van der Waals surface area contributed by atoms with Crippen LogP contribution in [0.4, 0.5) is 11.4 Å². The Hall–Kier alpha value is -4.87. The number of methoxy groups -OCH3 is 1. The zero-order chi connectivity index (χ0) is 30.8. The van der Waals surface area contributed by atoms with Crippen LogP contribution in [0.3, 0.4) is 0 Å². The summed E-state index contributed by atoms with van der Waals surface area (Å²) in [6.07, 6.45) is 2.58. The lowest BCUT2D eigenvalue weighted by Crippen LogP contribution is -2.29. The number of halogens is 1. The second-order valence-electron chi connectivity index (χ2n) is 9.28. The molecule has 10 nitrogen and oxygen atoms in total. The molecule has 4 aromatic carbocycles. The summed E-state index contributed by atoms with van der Waals surface area (Å²) in [5.41, 5.74) is 5.25. The predicted octanol–water partition coefficient (Wildman–Crippen LogP) is 5.10. The summed E-state index contributed by atoms with van der Waals surface area (Å²) in [4.78, 5) is 24.7. The van der Waals surface area contributed by atoms with Gasteiger partial charge >= 0.3 is 0 Å². The van der Waals surface area contributed by atoms with Gasteiger partial charge in [-0.1, -0.05) is 23.7 Å². The SMILES string of the molecule is COc1ccc(NC(=O)COc2ccc(/C=N/NC(=O)c3ccc(N(Cc4ccc(Cl)cc4)S(C)(=O)=O)cc3)cc2)cc1. The molecule has 0 fully saturated rings. The minimum absolute atomic E-state index is 0.118. The molecule has 43 heavy (non-hydrogen) atoms. The number of amides is 2. The van der Waals surface area contributed by atoms with Crippen LogP contribution in [0, 0.1) is 0 Å². The molecule has 0 aromatic heterocycles. The summed E-state index contributed by atoms with van der Waals surface area (Å²) in [5.74, 6) is 0.410. The summed E-state index contributed by atoms with van der Waals surface area (Å²) in [7, 11) is -2.02. The lowest BCUT2D eigenvalue weighted by Gasteiger charge is -2.22. The highest BCUT2D eigenvalue weighted by Gasteiger charge is 2.18. The van der Waals surface area contributed by atoms with E-state index in [1.54, 1.807) is 92.0 Å². The van der Waals surface area contributed by atoms with Crippen LogP contribution in [-0.2, 0) is 21.4 Å². The van der Waals surface area contributed by atoms with Gasteiger partial charge in [-0.3, -0.25) is 13.9 Å². The molecule has 0 heterocycles. The minimum Gasteiger partial charge on any atom is -0.497 e. The maximum absolute atomic E-state index is 12.6. The van der Waals surface area contributed by atoms with E-state index in [0.717, 1.165) is 11.8 Å². The molecule has 0 bridgehead atoms. The van der Waals surface area contributed by atoms with E-state index < -0.39 is 15.9 Å². The van der Waals surface area contributed by atoms with E-state index in [-0.39, 0.29) is 19.1 Å². The van der Waals surface area contributed by atoms with Crippen molar-refractivity contribution in [2.75, 3.05) is 29.6 Å². The average Bonchev–Trinajstić information content (AvgIpc) is 3.00. The number of hydrazone groups is 1. The van der Waals surface area contributed by atoms with Crippen molar-refractivity contribution in [1.82, 2.24) is 5.43 Å². The highest BCUT2D eigenvalue weighted by Crippen LogP contribution is 2.22. The highest BCUT2D eigenvalue weighted by atomic mass is 35.5. The van der Waals surface area contributed by atoms with Gasteiger partial charge < -0.3 is 14.8 Å². The molecule has 0 spiro atoms. The van der Waals surface area contributed by atoms with Crippen molar-refractivity contribution in [3.05, 3.63) is 119 Å². The molecular weight excluding hydrogens is 592 g/mol. The zero-order valence-corrected chi connectivity index (χ0v) is 24.9. The van der Waals surface area contributed by atoms with E-state index in [1.165, 1.54) is 22.7 Å². The Morgan fingerprint density at radius 1 is 0.884 bits per heavy atom. The monoisotopic (exact) mass is 620 g/mol. The Bertz CT molecular complexity index is 1680. The molecule has 0 unspecified atom stereocenters. The van der Waals surface area contributed by atoms with Crippen molar-refractivity contribution in [3.8, 4) is 11.5 Å². The van der Waals surface area contributed by atoms with Crippen molar-refractivity contribution < 1.29 is 27.5 Å². The Kier molecular flexibility index (Phi) is 10.4. The number of hydrogen-bond acceptors (Lipinski definition) is 7.